The Morgan fingerprint density at radius 1 is 1.30 bits per heavy atom. The molecule has 0 fully saturated rings. The number of sulfonamides is 1. The Balaban J connectivity index is 2.26. The summed E-state index contributed by atoms with van der Waals surface area (Å²) in [6.07, 6.45) is 0. The molecule has 0 aliphatic heterocycles. The molecule has 108 valence electrons. The third-order valence-electron chi connectivity index (χ3n) is 2.71. The molecule has 20 heavy (non-hydrogen) atoms. The monoisotopic (exact) mass is 374 g/mol. The van der Waals surface area contributed by atoms with Crippen molar-refractivity contribution in [3.05, 3.63) is 45.2 Å². The molecule has 0 unspecified atom stereocenters. The number of halogens is 1. The van der Waals surface area contributed by atoms with Crippen LogP contribution in [0.4, 0.5) is 5.69 Å². The van der Waals surface area contributed by atoms with E-state index >= 15 is 0 Å². The number of rotatable bonds is 5. The molecule has 0 aliphatic carbocycles. The van der Waals surface area contributed by atoms with Crippen molar-refractivity contribution in [2.24, 2.45) is 0 Å². The van der Waals surface area contributed by atoms with Crippen LogP contribution in [-0.2, 0) is 16.6 Å². The maximum Gasteiger partial charge on any atom is 0.271 e. The number of nitrogens with one attached hydrogen (secondary N) is 2. The first-order valence-corrected chi connectivity index (χ1v) is 9.09. The lowest BCUT2D eigenvalue weighted by atomic mass is 10.2. The average Bonchev–Trinajstić information content (AvgIpc) is 2.83. The van der Waals surface area contributed by atoms with Crippen molar-refractivity contribution in [2.75, 3.05) is 11.8 Å². The maximum absolute atomic E-state index is 12.3. The number of anilines is 1. The molecular weight excluding hydrogens is 360 g/mol. The van der Waals surface area contributed by atoms with Crippen LogP contribution in [0, 0.1) is 6.92 Å². The summed E-state index contributed by atoms with van der Waals surface area (Å²) in [6, 6.07) is 7.13. The molecular formula is C13H15BrN2O2S2. The van der Waals surface area contributed by atoms with Crippen molar-refractivity contribution in [1.29, 1.82) is 0 Å². The molecule has 1 aromatic heterocycles. The Hall–Kier alpha value is -0.890. The van der Waals surface area contributed by atoms with Gasteiger partial charge in [-0.3, -0.25) is 4.72 Å². The minimum atomic E-state index is -3.52. The normalized spacial score (nSPS) is 11.6. The number of hydrogen-bond acceptors (Lipinski definition) is 4. The van der Waals surface area contributed by atoms with Crippen LogP contribution in [0.1, 0.15) is 11.1 Å². The van der Waals surface area contributed by atoms with Crippen LogP contribution in [0.15, 0.2) is 38.3 Å². The summed E-state index contributed by atoms with van der Waals surface area (Å²) in [7, 11) is -1.69. The standard InChI is InChI=1S/C13H15BrN2O2S2/c1-9-5-11(14)3-4-12(9)16-20(17,18)13-6-10(7-15-2)8-19-13/h3-6,8,15-16H,7H2,1-2H3. The van der Waals surface area contributed by atoms with Gasteiger partial charge in [-0.2, -0.15) is 0 Å². The van der Waals surface area contributed by atoms with E-state index in [1.165, 1.54) is 11.3 Å². The summed E-state index contributed by atoms with van der Waals surface area (Å²) in [5.74, 6) is 0. The molecule has 0 saturated carbocycles. The second kappa shape index (κ2) is 6.26. The molecule has 0 amide bonds. The summed E-state index contributed by atoms with van der Waals surface area (Å²) in [6.45, 7) is 2.52. The van der Waals surface area contributed by atoms with Crippen LogP contribution in [-0.4, -0.2) is 15.5 Å². The third-order valence-corrected chi connectivity index (χ3v) is 6.06. The first-order valence-electron chi connectivity index (χ1n) is 5.93. The molecule has 0 radical (unpaired) electrons. The van der Waals surface area contributed by atoms with Crippen molar-refractivity contribution in [3.63, 3.8) is 0 Å². The summed E-state index contributed by atoms with van der Waals surface area (Å²) < 4.78 is 28.5. The lowest BCUT2D eigenvalue weighted by Crippen LogP contribution is -2.12. The second-order valence-electron chi connectivity index (χ2n) is 4.37. The highest BCUT2D eigenvalue weighted by Gasteiger charge is 2.17. The van der Waals surface area contributed by atoms with Gasteiger partial charge in [-0.25, -0.2) is 8.42 Å². The molecule has 1 aromatic carbocycles. The highest BCUT2D eigenvalue weighted by atomic mass is 79.9. The smallest absolute Gasteiger partial charge is 0.271 e. The van der Waals surface area contributed by atoms with E-state index in [-0.39, 0.29) is 0 Å². The fraction of sp³-hybridized carbons (Fsp3) is 0.231. The van der Waals surface area contributed by atoms with Crippen LogP contribution in [0.3, 0.4) is 0 Å². The number of aryl methyl sites for hydroxylation is 1. The summed E-state index contributed by atoms with van der Waals surface area (Å²) in [5.41, 5.74) is 2.43. The Morgan fingerprint density at radius 2 is 2.05 bits per heavy atom. The molecule has 2 aromatic rings. The fourth-order valence-electron chi connectivity index (χ4n) is 1.73. The SMILES string of the molecule is CNCc1csc(S(=O)(=O)Nc2ccc(Br)cc2C)c1. The highest BCUT2D eigenvalue weighted by Crippen LogP contribution is 2.26. The fourth-order valence-corrected chi connectivity index (χ4v) is 4.54. The van der Waals surface area contributed by atoms with Gasteiger partial charge in [0.2, 0.25) is 0 Å². The first kappa shape index (κ1) is 15.5. The zero-order valence-electron chi connectivity index (χ0n) is 11.1. The Labute approximate surface area is 131 Å². The third kappa shape index (κ3) is 3.60. The Morgan fingerprint density at radius 3 is 2.70 bits per heavy atom. The molecule has 1 heterocycles. The van der Waals surface area contributed by atoms with E-state index in [2.05, 4.69) is 26.0 Å². The molecule has 0 spiro atoms. The van der Waals surface area contributed by atoms with Gasteiger partial charge >= 0.3 is 0 Å². The second-order valence-corrected chi connectivity index (χ2v) is 8.11. The summed E-state index contributed by atoms with van der Waals surface area (Å²) >= 11 is 4.58. The van der Waals surface area contributed by atoms with Gasteiger partial charge in [0, 0.05) is 11.0 Å². The van der Waals surface area contributed by atoms with Crippen LogP contribution in [0.25, 0.3) is 0 Å². The number of benzene rings is 1. The van der Waals surface area contributed by atoms with Crippen LogP contribution >= 0.6 is 27.3 Å². The van der Waals surface area contributed by atoms with Gasteiger partial charge in [-0.15, -0.1) is 11.3 Å². The van der Waals surface area contributed by atoms with Gasteiger partial charge in [-0.1, -0.05) is 15.9 Å². The van der Waals surface area contributed by atoms with Gasteiger partial charge in [0.25, 0.3) is 10.0 Å². The lowest BCUT2D eigenvalue weighted by molar-refractivity contribution is 0.603. The van der Waals surface area contributed by atoms with Crippen molar-refractivity contribution in [3.8, 4) is 0 Å². The summed E-state index contributed by atoms with van der Waals surface area (Å²) in [5, 5.41) is 4.85. The highest BCUT2D eigenvalue weighted by molar-refractivity contribution is 9.10. The van der Waals surface area contributed by atoms with Crippen LogP contribution in [0.2, 0.25) is 0 Å². The Bertz CT molecular complexity index is 711. The van der Waals surface area contributed by atoms with E-state index in [1.807, 2.05) is 31.5 Å². The van der Waals surface area contributed by atoms with E-state index in [1.54, 1.807) is 12.1 Å². The minimum Gasteiger partial charge on any atom is -0.316 e. The van der Waals surface area contributed by atoms with E-state index < -0.39 is 10.0 Å². The van der Waals surface area contributed by atoms with Crippen LogP contribution in [0.5, 0.6) is 0 Å². The van der Waals surface area contributed by atoms with Gasteiger partial charge in [0.1, 0.15) is 4.21 Å². The first-order chi connectivity index (χ1) is 9.42. The van der Waals surface area contributed by atoms with Gasteiger partial charge in [0.15, 0.2) is 0 Å². The van der Waals surface area contributed by atoms with Crippen molar-refractivity contribution in [2.45, 2.75) is 17.7 Å². The Kier molecular flexibility index (Phi) is 4.85. The molecule has 2 rings (SSSR count). The van der Waals surface area contributed by atoms with Gasteiger partial charge in [0.05, 0.1) is 5.69 Å². The van der Waals surface area contributed by atoms with E-state index in [0.29, 0.717) is 16.4 Å². The largest absolute Gasteiger partial charge is 0.316 e. The summed E-state index contributed by atoms with van der Waals surface area (Å²) in [4.78, 5) is 0. The molecule has 7 heteroatoms. The number of hydrogen-bond donors (Lipinski definition) is 2. The van der Waals surface area contributed by atoms with E-state index in [4.69, 9.17) is 0 Å². The zero-order valence-corrected chi connectivity index (χ0v) is 14.3. The zero-order chi connectivity index (χ0) is 14.8. The maximum atomic E-state index is 12.3. The average molecular weight is 375 g/mol. The topological polar surface area (TPSA) is 58.2 Å². The predicted molar refractivity (Wildman–Crippen MR) is 86.8 cm³/mol. The van der Waals surface area contributed by atoms with E-state index in [9.17, 15) is 8.42 Å². The van der Waals surface area contributed by atoms with Crippen molar-refractivity contribution >= 4 is 43.0 Å². The minimum absolute atomic E-state index is 0.324. The van der Waals surface area contributed by atoms with Crippen molar-refractivity contribution in [1.82, 2.24) is 5.32 Å². The van der Waals surface area contributed by atoms with E-state index in [0.717, 1.165) is 15.6 Å². The lowest BCUT2D eigenvalue weighted by Gasteiger charge is -2.09. The molecule has 0 aliphatic rings. The molecule has 4 nitrogen and oxygen atoms in total. The molecule has 0 saturated heterocycles. The number of thiophene rings is 1. The van der Waals surface area contributed by atoms with Crippen molar-refractivity contribution < 1.29 is 8.42 Å². The van der Waals surface area contributed by atoms with Crippen LogP contribution < -0.4 is 10.0 Å². The molecule has 0 atom stereocenters. The van der Waals surface area contributed by atoms with Gasteiger partial charge in [-0.05, 0) is 54.7 Å². The predicted octanol–water partition coefficient (Wildman–Crippen LogP) is 3.34. The quantitative estimate of drug-likeness (QED) is 0.843. The molecule has 2 N–H and O–H groups in total. The molecule has 0 bridgehead atoms. The van der Waals surface area contributed by atoms with Gasteiger partial charge < -0.3 is 5.32 Å².